The summed E-state index contributed by atoms with van der Waals surface area (Å²) in [6, 6.07) is -1.33. The number of hydrogen-bond acceptors (Lipinski definition) is 4. The van der Waals surface area contributed by atoms with Crippen LogP contribution in [0.15, 0.2) is 0 Å². The van der Waals surface area contributed by atoms with Gasteiger partial charge >= 0.3 is 5.97 Å². The van der Waals surface area contributed by atoms with Gasteiger partial charge in [0.15, 0.2) is 0 Å². The number of amides is 2. The highest BCUT2D eigenvalue weighted by molar-refractivity contribution is 5.90. The molecule has 0 aliphatic carbocycles. The van der Waals surface area contributed by atoms with Crippen LogP contribution in [0.2, 0.25) is 0 Å². The molecule has 0 aromatic heterocycles. The summed E-state index contributed by atoms with van der Waals surface area (Å²) in [5.74, 6) is -0.611. The first-order valence-corrected chi connectivity index (χ1v) is 7.32. The van der Waals surface area contributed by atoms with Gasteiger partial charge < -0.3 is 15.4 Å². The molecule has 2 amide bonds. The molecule has 0 bridgehead atoms. The molecule has 0 spiro atoms. The highest BCUT2D eigenvalue weighted by atomic mass is 16.5. The van der Waals surface area contributed by atoms with E-state index in [0.717, 1.165) is 0 Å². The van der Waals surface area contributed by atoms with Gasteiger partial charge in [-0.05, 0) is 24.7 Å². The average Bonchev–Trinajstić information content (AvgIpc) is 2.34. The van der Waals surface area contributed by atoms with Gasteiger partial charge in [-0.1, -0.05) is 27.7 Å². The zero-order valence-corrected chi connectivity index (χ0v) is 13.9. The smallest absolute Gasteiger partial charge is 0.328 e. The molecule has 0 rings (SSSR count). The molecule has 0 saturated carbocycles. The van der Waals surface area contributed by atoms with Crippen molar-refractivity contribution in [3.8, 4) is 0 Å². The van der Waals surface area contributed by atoms with Crippen LogP contribution in [0.1, 0.15) is 47.5 Å². The summed E-state index contributed by atoms with van der Waals surface area (Å²) in [5, 5.41) is 5.31. The van der Waals surface area contributed by atoms with Gasteiger partial charge in [-0.15, -0.1) is 0 Å². The second-order valence-corrected chi connectivity index (χ2v) is 6.10. The Morgan fingerprint density at radius 3 is 1.76 bits per heavy atom. The molecule has 0 aliphatic heterocycles. The lowest BCUT2D eigenvalue weighted by molar-refractivity contribution is -0.145. The number of methoxy groups -OCH3 is 1. The Balaban J connectivity index is 4.87. The first-order valence-electron chi connectivity index (χ1n) is 7.32. The number of carbonyl (C=O) groups is 3. The number of rotatable bonds is 8. The molecule has 6 nitrogen and oxygen atoms in total. The van der Waals surface area contributed by atoms with Crippen molar-refractivity contribution in [1.82, 2.24) is 10.6 Å². The standard InChI is InChI=1S/C15H28N2O4/c1-9(2)7-12(16-11(5)18)14(19)17-13(8-10(3)4)15(20)21-6/h9-10,12-13H,7-8H2,1-6H3,(H,16,18)(H,17,19)/t12-,13+/m0/s1. The molecule has 6 heteroatoms. The molecule has 0 saturated heterocycles. The lowest BCUT2D eigenvalue weighted by atomic mass is 10.0. The van der Waals surface area contributed by atoms with Crippen molar-refractivity contribution in [3.63, 3.8) is 0 Å². The second-order valence-electron chi connectivity index (χ2n) is 6.10. The topological polar surface area (TPSA) is 84.5 Å². The van der Waals surface area contributed by atoms with Crippen molar-refractivity contribution >= 4 is 17.8 Å². The van der Waals surface area contributed by atoms with Crippen LogP contribution in [0.3, 0.4) is 0 Å². The van der Waals surface area contributed by atoms with E-state index in [1.807, 2.05) is 27.7 Å². The van der Waals surface area contributed by atoms with Crippen molar-refractivity contribution < 1.29 is 19.1 Å². The second kappa shape index (κ2) is 9.37. The van der Waals surface area contributed by atoms with Crippen LogP contribution >= 0.6 is 0 Å². The molecule has 0 aliphatic rings. The molecule has 0 heterocycles. The Morgan fingerprint density at radius 1 is 0.905 bits per heavy atom. The highest BCUT2D eigenvalue weighted by Gasteiger charge is 2.27. The van der Waals surface area contributed by atoms with E-state index in [2.05, 4.69) is 10.6 Å². The third kappa shape index (κ3) is 8.32. The molecule has 0 unspecified atom stereocenters. The summed E-state index contributed by atoms with van der Waals surface area (Å²) in [6.07, 6.45) is 1.01. The van der Waals surface area contributed by atoms with E-state index in [1.165, 1.54) is 14.0 Å². The van der Waals surface area contributed by atoms with Crippen LogP contribution in [0.4, 0.5) is 0 Å². The van der Waals surface area contributed by atoms with Crippen molar-refractivity contribution in [3.05, 3.63) is 0 Å². The number of esters is 1. The maximum absolute atomic E-state index is 12.3. The van der Waals surface area contributed by atoms with E-state index in [1.54, 1.807) is 0 Å². The van der Waals surface area contributed by atoms with Crippen LogP contribution < -0.4 is 10.6 Å². The normalized spacial score (nSPS) is 13.7. The molecule has 2 atom stereocenters. The van der Waals surface area contributed by atoms with Crippen LogP contribution in [0, 0.1) is 11.8 Å². The molecule has 0 aromatic rings. The molecular weight excluding hydrogens is 272 g/mol. The fourth-order valence-corrected chi connectivity index (χ4v) is 2.05. The minimum Gasteiger partial charge on any atom is -0.467 e. The van der Waals surface area contributed by atoms with Crippen LogP contribution in [0.25, 0.3) is 0 Å². The maximum Gasteiger partial charge on any atom is 0.328 e. The molecule has 122 valence electrons. The average molecular weight is 300 g/mol. The maximum atomic E-state index is 12.3. The molecule has 2 N–H and O–H groups in total. The van der Waals surface area contributed by atoms with E-state index < -0.39 is 18.1 Å². The Hall–Kier alpha value is -1.59. The predicted molar refractivity (Wildman–Crippen MR) is 80.5 cm³/mol. The molecule has 0 aromatic carbocycles. The lowest BCUT2D eigenvalue weighted by Crippen LogP contribution is -2.52. The van der Waals surface area contributed by atoms with Gasteiger partial charge in [0.1, 0.15) is 12.1 Å². The SMILES string of the molecule is COC(=O)[C@@H](CC(C)C)NC(=O)[C@H](CC(C)C)NC(C)=O. The van der Waals surface area contributed by atoms with Gasteiger partial charge in [0.2, 0.25) is 11.8 Å². The summed E-state index contributed by atoms with van der Waals surface area (Å²) in [6.45, 7) is 9.22. The van der Waals surface area contributed by atoms with Crippen LogP contribution in [-0.2, 0) is 19.1 Å². The Bertz CT molecular complexity index is 367. The molecular formula is C15H28N2O4. The largest absolute Gasteiger partial charge is 0.467 e. The zero-order valence-electron chi connectivity index (χ0n) is 13.9. The highest BCUT2D eigenvalue weighted by Crippen LogP contribution is 2.09. The number of nitrogens with one attached hydrogen (secondary N) is 2. The van der Waals surface area contributed by atoms with Gasteiger partial charge in [-0.3, -0.25) is 9.59 Å². The van der Waals surface area contributed by atoms with E-state index in [9.17, 15) is 14.4 Å². The summed E-state index contributed by atoms with van der Waals surface area (Å²) in [7, 11) is 1.29. The Labute approximate surface area is 127 Å². The monoisotopic (exact) mass is 300 g/mol. The van der Waals surface area contributed by atoms with E-state index >= 15 is 0 Å². The zero-order chi connectivity index (χ0) is 16.6. The fourth-order valence-electron chi connectivity index (χ4n) is 2.05. The number of carbonyl (C=O) groups excluding carboxylic acids is 3. The molecule has 0 fully saturated rings. The molecule has 21 heavy (non-hydrogen) atoms. The minimum absolute atomic E-state index is 0.235. The van der Waals surface area contributed by atoms with Crippen molar-refractivity contribution in [2.75, 3.05) is 7.11 Å². The predicted octanol–water partition coefficient (Wildman–Crippen LogP) is 1.24. The Kier molecular flexibility index (Phi) is 8.66. The fraction of sp³-hybridized carbons (Fsp3) is 0.800. The minimum atomic E-state index is -0.689. The summed E-state index contributed by atoms with van der Waals surface area (Å²) in [5.41, 5.74) is 0. The van der Waals surface area contributed by atoms with E-state index in [4.69, 9.17) is 4.74 Å². The van der Waals surface area contributed by atoms with E-state index in [0.29, 0.717) is 12.8 Å². The summed E-state index contributed by atoms with van der Waals surface area (Å²) >= 11 is 0. The van der Waals surface area contributed by atoms with Gasteiger partial charge in [0, 0.05) is 6.92 Å². The summed E-state index contributed by atoms with van der Waals surface area (Å²) in [4.78, 5) is 35.2. The number of ether oxygens (including phenoxy) is 1. The Morgan fingerprint density at radius 2 is 1.38 bits per heavy atom. The molecule has 0 radical (unpaired) electrons. The van der Waals surface area contributed by atoms with Gasteiger partial charge in [0.25, 0.3) is 0 Å². The van der Waals surface area contributed by atoms with Gasteiger partial charge in [0.05, 0.1) is 7.11 Å². The van der Waals surface area contributed by atoms with E-state index in [-0.39, 0.29) is 23.7 Å². The summed E-state index contributed by atoms with van der Waals surface area (Å²) < 4.78 is 4.72. The van der Waals surface area contributed by atoms with Crippen molar-refractivity contribution in [1.29, 1.82) is 0 Å². The third-order valence-electron chi connectivity index (χ3n) is 2.91. The van der Waals surface area contributed by atoms with Gasteiger partial charge in [-0.2, -0.15) is 0 Å². The van der Waals surface area contributed by atoms with Crippen molar-refractivity contribution in [2.45, 2.75) is 59.5 Å². The van der Waals surface area contributed by atoms with Gasteiger partial charge in [-0.25, -0.2) is 4.79 Å². The van der Waals surface area contributed by atoms with Crippen LogP contribution in [-0.4, -0.2) is 37.0 Å². The lowest BCUT2D eigenvalue weighted by Gasteiger charge is -2.23. The van der Waals surface area contributed by atoms with Crippen LogP contribution in [0.5, 0.6) is 0 Å². The first-order chi connectivity index (χ1) is 9.67. The third-order valence-corrected chi connectivity index (χ3v) is 2.91. The first kappa shape index (κ1) is 19.4. The number of hydrogen-bond donors (Lipinski definition) is 2. The van der Waals surface area contributed by atoms with Crippen molar-refractivity contribution in [2.24, 2.45) is 11.8 Å². The quantitative estimate of drug-likeness (QED) is 0.661.